The summed E-state index contributed by atoms with van der Waals surface area (Å²) in [6, 6.07) is 12.9. The highest BCUT2D eigenvalue weighted by molar-refractivity contribution is 6.10. The Hall–Kier alpha value is -3.91. The van der Waals surface area contributed by atoms with Gasteiger partial charge in [0, 0.05) is 5.69 Å². The first-order valence-corrected chi connectivity index (χ1v) is 12.1. The number of aliphatic hydroxyl groups is 1. The van der Waals surface area contributed by atoms with Crippen molar-refractivity contribution >= 4 is 40.1 Å². The molecule has 3 rings (SSSR count). The van der Waals surface area contributed by atoms with E-state index < -0.39 is 30.6 Å². The minimum Gasteiger partial charge on any atom is -0.464 e. The number of hydrogen-bond donors (Lipinski definition) is 4. The Morgan fingerprint density at radius 3 is 2.08 bits per heavy atom. The average Bonchev–Trinajstić information content (AvgIpc) is 2.82. The van der Waals surface area contributed by atoms with E-state index >= 15 is 0 Å². The highest BCUT2D eigenvalue weighted by atomic mass is 16.5. The molecule has 0 unspecified atom stereocenters. The van der Waals surface area contributed by atoms with Gasteiger partial charge in [-0.1, -0.05) is 62.7 Å². The molecule has 0 aliphatic heterocycles. The topological polar surface area (TPSA) is 117 Å². The minimum atomic E-state index is -1.25. The van der Waals surface area contributed by atoms with E-state index in [9.17, 15) is 19.5 Å². The smallest absolute Gasteiger partial charge is 0.331 e. The number of ether oxygens (including phenoxy) is 1. The number of esters is 1. The quantitative estimate of drug-likeness (QED) is 0.334. The fraction of sp³-hybridized carbons (Fsp3) is 0.345. The van der Waals surface area contributed by atoms with Crippen LogP contribution in [0, 0.1) is 26.2 Å². The average molecular weight is 506 g/mol. The molecule has 8 heteroatoms. The molecule has 0 saturated heterocycles. The lowest BCUT2D eigenvalue weighted by Gasteiger charge is -2.21. The number of nitrogens with one attached hydrogen (secondary N) is 3. The van der Waals surface area contributed by atoms with Crippen molar-refractivity contribution in [3.63, 3.8) is 0 Å². The SMILES string of the molecule is Cc1cc(C)c(NC(=O)Nc2cc3ccccc3cc2C(=O)N[C@@H](CO)C(=O)OCC(C)(C)C)c(C)c1. The molecule has 0 aromatic heterocycles. The third-order valence-corrected chi connectivity index (χ3v) is 5.71. The van der Waals surface area contributed by atoms with Crippen molar-refractivity contribution in [2.75, 3.05) is 23.8 Å². The van der Waals surface area contributed by atoms with E-state index in [1.165, 1.54) is 0 Å². The van der Waals surface area contributed by atoms with Crippen LogP contribution in [0.1, 0.15) is 47.8 Å². The molecule has 0 aliphatic carbocycles. The molecule has 0 saturated carbocycles. The van der Waals surface area contributed by atoms with E-state index in [1.54, 1.807) is 12.1 Å². The summed E-state index contributed by atoms with van der Waals surface area (Å²) in [7, 11) is 0. The van der Waals surface area contributed by atoms with E-state index in [2.05, 4.69) is 16.0 Å². The van der Waals surface area contributed by atoms with Crippen LogP contribution in [0.15, 0.2) is 48.5 Å². The molecule has 3 aromatic rings. The highest BCUT2D eigenvalue weighted by Gasteiger charge is 2.26. The largest absolute Gasteiger partial charge is 0.464 e. The van der Waals surface area contributed by atoms with Crippen molar-refractivity contribution < 1.29 is 24.2 Å². The van der Waals surface area contributed by atoms with Gasteiger partial charge in [0.25, 0.3) is 5.91 Å². The normalized spacial score (nSPS) is 12.1. The number of hydrogen-bond acceptors (Lipinski definition) is 5. The van der Waals surface area contributed by atoms with Crippen LogP contribution in [0.4, 0.5) is 16.2 Å². The van der Waals surface area contributed by atoms with Crippen molar-refractivity contribution in [3.8, 4) is 0 Å². The van der Waals surface area contributed by atoms with E-state index in [0.29, 0.717) is 5.69 Å². The zero-order valence-electron chi connectivity index (χ0n) is 22.2. The van der Waals surface area contributed by atoms with E-state index in [1.807, 2.05) is 77.9 Å². The highest BCUT2D eigenvalue weighted by Crippen LogP contribution is 2.26. The molecule has 3 aromatic carbocycles. The zero-order chi connectivity index (χ0) is 27.3. The van der Waals surface area contributed by atoms with E-state index in [4.69, 9.17) is 4.74 Å². The van der Waals surface area contributed by atoms with E-state index in [-0.39, 0.29) is 23.3 Å². The third kappa shape index (κ3) is 7.30. The third-order valence-electron chi connectivity index (χ3n) is 5.71. The molecule has 0 aliphatic rings. The molecule has 37 heavy (non-hydrogen) atoms. The van der Waals surface area contributed by atoms with Crippen molar-refractivity contribution in [2.45, 2.75) is 47.6 Å². The lowest BCUT2D eigenvalue weighted by molar-refractivity contribution is -0.149. The van der Waals surface area contributed by atoms with E-state index in [0.717, 1.165) is 27.5 Å². The molecule has 0 bridgehead atoms. The predicted octanol–water partition coefficient (Wildman–Crippen LogP) is 5.09. The second-order valence-electron chi connectivity index (χ2n) is 10.5. The second-order valence-corrected chi connectivity index (χ2v) is 10.5. The summed E-state index contributed by atoms with van der Waals surface area (Å²) in [6.07, 6.45) is 0. The minimum absolute atomic E-state index is 0.138. The van der Waals surface area contributed by atoms with Gasteiger partial charge in [-0.2, -0.15) is 0 Å². The first kappa shape index (κ1) is 27.7. The maximum absolute atomic E-state index is 13.3. The maximum Gasteiger partial charge on any atom is 0.331 e. The second kappa shape index (κ2) is 11.4. The number of carbonyl (C=O) groups is 3. The molecule has 8 nitrogen and oxygen atoms in total. The number of fused-ring (bicyclic) bond motifs is 1. The Bertz CT molecular complexity index is 1300. The maximum atomic E-state index is 13.3. The fourth-order valence-electron chi connectivity index (χ4n) is 3.98. The summed E-state index contributed by atoms with van der Waals surface area (Å²) in [5.74, 6) is -1.36. The number of urea groups is 1. The van der Waals surface area contributed by atoms with Crippen LogP contribution in [0.25, 0.3) is 10.8 Å². The number of aliphatic hydroxyl groups excluding tert-OH is 1. The molecular weight excluding hydrogens is 470 g/mol. The van der Waals surface area contributed by atoms with Gasteiger partial charge in [0.1, 0.15) is 0 Å². The molecule has 3 amide bonds. The summed E-state index contributed by atoms with van der Waals surface area (Å²) in [6.45, 7) is 11.1. The van der Waals surface area contributed by atoms with Crippen LogP contribution in [-0.2, 0) is 9.53 Å². The molecule has 0 radical (unpaired) electrons. The number of aryl methyl sites for hydroxylation is 3. The van der Waals surface area contributed by atoms with Gasteiger partial charge < -0.3 is 25.8 Å². The Labute approximate surface area is 217 Å². The van der Waals surface area contributed by atoms with Gasteiger partial charge >= 0.3 is 12.0 Å². The standard InChI is InChI=1S/C29H35N3O5/c1-17-11-18(2)25(19(3)12-17)32-28(36)31-23-14-21-10-8-7-9-20(21)13-22(23)26(34)30-24(15-33)27(35)37-16-29(4,5)6/h7-14,24,33H,15-16H2,1-6H3,(H,30,34)(H2,31,32,36)/t24-/m0/s1. The van der Waals surface area contributed by atoms with Crippen LogP contribution in [-0.4, -0.2) is 42.3 Å². The van der Waals surface area contributed by atoms with Gasteiger partial charge in [-0.25, -0.2) is 9.59 Å². The molecule has 1 atom stereocenters. The summed E-state index contributed by atoms with van der Waals surface area (Å²) >= 11 is 0. The number of benzene rings is 3. The van der Waals surface area contributed by atoms with Crippen molar-refractivity contribution in [1.29, 1.82) is 0 Å². The number of rotatable bonds is 7. The first-order valence-electron chi connectivity index (χ1n) is 12.1. The molecule has 0 heterocycles. The summed E-state index contributed by atoms with van der Waals surface area (Å²) in [5.41, 5.74) is 3.76. The van der Waals surface area contributed by atoms with Crippen molar-refractivity contribution in [1.82, 2.24) is 5.32 Å². The van der Waals surface area contributed by atoms with Crippen LogP contribution in [0.2, 0.25) is 0 Å². The molecule has 0 spiro atoms. The Kier molecular flexibility index (Phi) is 8.55. The van der Waals surface area contributed by atoms with Gasteiger partial charge in [0.05, 0.1) is 24.5 Å². The van der Waals surface area contributed by atoms with Crippen LogP contribution in [0.5, 0.6) is 0 Å². The van der Waals surface area contributed by atoms with Gasteiger partial charge in [-0.3, -0.25) is 4.79 Å². The molecular formula is C29H35N3O5. The van der Waals surface area contributed by atoms with Crippen LogP contribution < -0.4 is 16.0 Å². The van der Waals surface area contributed by atoms with Gasteiger partial charge in [-0.15, -0.1) is 0 Å². The Balaban J connectivity index is 1.87. The lowest BCUT2D eigenvalue weighted by atomic mass is 9.99. The molecule has 4 N–H and O–H groups in total. The molecule has 196 valence electrons. The Morgan fingerprint density at radius 2 is 1.51 bits per heavy atom. The summed E-state index contributed by atoms with van der Waals surface area (Å²) in [4.78, 5) is 38.7. The summed E-state index contributed by atoms with van der Waals surface area (Å²) in [5, 5.41) is 19.5. The predicted molar refractivity (Wildman–Crippen MR) is 146 cm³/mol. The first-order chi connectivity index (χ1) is 17.4. The van der Waals surface area contributed by atoms with Crippen molar-refractivity contribution in [3.05, 3.63) is 70.8 Å². The van der Waals surface area contributed by atoms with Crippen LogP contribution in [0.3, 0.4) is 0 Å². The van der Waals surface area contributed by atoms with Crippen LogP contribution >= 0.6 is 0 Å². The molecule has 0 fully saturated rings. The van der Waals surface area contributed by atoms with Gasteiger partial charge in [0.2, 0.25) is 0 Å². The number of carbonyl (C=O) groups excluding carboxylic acids is 3. The number of anilines is 2. The lowest BCUT2D eigenvalue weighted by Crippen LogP contribution is -2.45. The van der Waals surface area contributed by atoms with Crippen molar-refractivity contribution in [2.24, 2.45) is 5.41 Å². The number of amides is 3. The van der Waals surface area contributed by atoms with Gasteiger partial charge in [0.15, 0.2) is 6.04 Å². The zero-order valence-corrected chi connectivity index (χ0v) is 22.2. The fourth-order valence-corrected chi connectivity index (χ4v) is 3.98. The summed E-state index contributed by atoms with van der Waals surface area (Å²) < 4.78 is 5.27. The monoisotopic (exact) mass is 505 g/mol. The van der Waals surface area contributed by atoms with Gasteiger partial charge in [-0.05, 0) is 60.2 Å². The Morgan fingerprint density at radius 1 is 0.919 bits per heavy atom.